The summed E-state index contributed by atoms with van der Waals surface area (Å²) < 4.78 is 54.8. The van der Waals surface area contributed by atoms with E-state index in [1.807, 2.05) is 52.8 Å². The molecule has 4 bridgehead atoms. The lowest BCUT2D eigenvalue weighted by Crippen LogP contribution is -2.60. The quantitative estimate of drug-likeness (QED) is 0.132. The smallest absolute Gasteiger partial charge is 0.461 e. The van der Waals surface area contributed by atoms with Crippen molar-refractivity contribution in [2.45, 2.75) is 129 Å². The molecule has 2 N–H and O–H groups in total. The molecular formula is C45H52F3NO8. The fourth-order valence-electron chi connectivity index (χ4n) is 10.2. The molecule has 2 heterocycles. The summed E-state index contributed by atoms with van der Waals surface area (Å²) in [6.07, 6.45) is 2.20. The summed E-state index contributed by atoms with van der Waals surface area (Å²) in [5, 5.41) is 24.2. The SMILES string of the molecule is CC1=CCC[C@@]2(C)[C@@H](CC[C@@]2(O)CN(Cc2ccc(OC(F)(F)F)cc2)C(=O)[C@@]23CC[C@@](C)(C(=O)O2)C3(C)C)c2ccc(cc2C(=O)c2ccco2)C[C@@H](O)CC1. The molecule has 1 aliphatic heterocycles. The Morgan fingerprint density at radius 2 is 1.72 bits per heavy atom. The Hall–Kier alpha value is -4.42. The zero-order valence-corrected chi connectivity index (χ0v) is 33.2. The van der Waals surface area contributed by atoms with E-state index in [9.17, 15) is 33.0 Å². The summed E-state index contributed by atoms with van der Waals surface area (Å²) in [5.74, 6) is -1.82. The number of esters is 1. The molecule has 4 aliphatic carbocycles. The van der Waals surface area contributed by atoms with Crippen LogP contribution in [0.25, 0.3) is 0 Å². The molecule has 0 radical (unpaired) electrons. The maximum absolute atomic E-state index is 15.2. The first-order valence-corrected chi connectivity index (χ1v) is 19.9. The number of ether oxygens (including phenoxy) is 2. The lowest BCUT2D eigenvalue weighted by molar-refractivity contribution is -0.274. The predicted molar refractivity (Wildman–Crippen MR) is 204 cm³/mol. The van der Waals surface area contributed by atoms with Gasteiger partial charge in [0.2, 0.25) is 5.78 Å². The lowest BCUT2D eigenvalue weighted by atomic mass is 9.64. The standard InChI is InChI=1S/C45H52F3NO8/c1-28-8-6-19-41(4)35(33-17-13-30(24-31(50)14-10-28)25-34(33)37(51)36-9-7-23-55-36)18-20-43(41,54)27-49(26-29-11-15-32(16-12-29)56-45(46,47)48)38(52)44-22-21-42(5,39(53)57-44)40(44,2)3/h7-9,11-13,15-17,23,25,31,35,50,54H,6,10,14,18-22,24,26-27H2,1-5H3/t31-,35-,41-,42-,43+,44+/m0/s1. The van der Waals surface area contributed by atoms with Crippen molar-refractivity contribution in [1.82, 2.24) is 4.90 Å². The second-order valence-electron chi connectivity index (χ2n) is 17.8. The van der Waals surface area contributed by atoms with Crippen molar-refractivity contribution >= 4 is 17.7 Å². The van der Waals surface area contributed by atoms with E-state index in [2.05, 4.69) is 10.8 Å². The third kappa shape index (κ3) is 7.00. The van der Waals surface area contributed by atoms with Gasteiger partial charge in [0, 0.05) is 22.9 Å². The molecule has 12 heteroatoms. The van der Waals surface area contributed by atoms with Gasteiger partial charge in [-0.1, -0.05) is 56.7 Å². The van der Waals surface area contributed by atoms with Crippen molar-refractivity contribution in [3.05, 3.63) is 101 Å². The van der Waals surface area contributed by atoms with Crippen molar-refractivity contribution in [2.24, 2.45) is 16.2 Å². The van der Waals surface area contributed by atoms with Crippen molar-refractivity contribution in [2.75, 3.05) is 6.54 Å². The van der Waals surface area contributed by atoms with Crippen LogP contribution in [0.1, 0.15) is 125 Å². The molecule has 306 valence electrons. The number of benzene rings is 2. The van der Waals surface area contributed by atoms with Gasteiger partial charge < -0.3 is 29.0 Å². The third-order valence-electron chi connectivity index (χ3n) is 14.4. The Morgan fingerprint density at radius 3 is 2.35 bits per heavy atom. The Kier molecular flexibility index (Phi) is 10.3. The van der Waals surface area contributed by atoms with Gasteiger partial charge in [-0.05, 0) is 125 Å². The highest BCUT2D eigenvalue weighted by Gasteiger charge is 2.76. The number of rotatable bonds is 8. The maximum atomic E-state index is 15.2. The van der Waals surface area contributed by atoms with Crippen LogP contribution in [0.2, 0.25) is 0 Å². The number of amides is 1. The van der Waals surface area contributed by atoms with Crippen LogP contribution in [0.4, 0.5) is 13.2 Å². The molecule has 57 heavy (non-hydrogen) atoms. The second kappa shape index (κ2) is 14.4. The minimum absolute atomic E-state index is 0.0848. The Morgan fingerprint density at radius 1 is 0.982 bits per heavy atom. The predicted octanol–water partition coefficient (Wildman–Crippen LogP) is 8.60. The van der Waals surface area contributed by atoms with Crippen LogP contribution in [0.3, 0.4) is 0 Å². The topological polar surface area (TPSA) is 127 Å². The van der Waals surface area contributed by atoms with Gasteiger partial charge in [-0.3, -0.25) is 14.4 Å². The number of halogens is 3. The number of alkyl halides is 3. The minimum atomic E-state index is -4.88. The van der Waals surface area contributed by atoms with Gasteiger partial charge in [-0.15, -0.1) is 13.2 Å². The highest BCUT2D eigenvalue weighted by Crippen LogP contribution is 2.66. The molecule has 3 aromatic rings. The van der Waals surface area contributed by atoms with Gasteiger partial charge in [-0.2, -0.15) is 0 Å². The number of carbonyl (C=O) groups excluding carboxylic acids is 3. The Labute approximate surface area is 331 Å². The number of nitrogens with zero attached hydrogens (tertiary/aromatic N) is 1. The first-order chi connectivity index (χ1) is 26.7. The molecule has 9 nitrogen and oxygen atoms in total. The van der Waals surface area contributed by atoms with E-state index in [-0.39, 0.29) is 43.4 Å². The fraction of sp³-hybridized carbons (Fsp3) is 0.533. The van der Waals surface area contributed by atoms with E-state index in [0.717, 1.165) is 16.7 Å². The fourth-order valence-corrected chi connectivity index (χ4v) is 10.2. The second-order valence-corrected chi connectivity index (χ2v) is 17.8. The number of ketones is 1. The van der Waals surface area contributed by atoms with Gasteiger partial charge in [0.15, 0.2) is 11.4 Å². The number of allylic oxidation sites excluding steroid dienone is 2. The van der Waals surface area contributed by atoms with E-state index in [1.54, 1.807) is 12.1 Å². The van der Waals surface area contributed by atoms with Crippen LogP contribution < -0.4 is 4.74 Å². The van der Waals surface area contributed by atoms with Crippen molar-refractivity contribution in [1.29, 1.82) is 0 Å². The first kappa shape index (κ1) is 40.8. The molecule has 1 aromatic heterocycles. The molecule has 3 fully saturated rings. The normalized spacial score (nSPS) is 31.0. The summed E-state index contributed by atoms with van der Waals surface area (Å²) in [5.41, 5.74) is -2.19. The lowest BCUT2D eigenvalue weighted by Gasteiger charge is -2.47. The molecule has 0 spiro atoms. The van der Waals surface area contributed by atoms with Crippen LogP contribution in [-0.2, 0) is 27.3 Å². The minimum Gasteiger partial charge on any atom is -0.461 e. The van der Waals surface area contributed by atoms with Crippen LogP contribution in [0.5, 0.6) is 5.75 Å². The number of aliphatic hydroxyl groups excluding tert-OH is 1. The van der Waals surface area contributed by atoms with Crippen LogP contribution >= 0.6 is 0 Å². The number of aliphatic hydroxyl groups is 2. The molecule has 0 unspecified atom stereocenters. The Balaban J connectivity index is 1.31. The number of hydrogen-bond donors (Lipinski definition) is 2. The molecule has 2 aromatic carbocycles. The number of fused-ring (bicyclic) bond motifs is 10. The average molecular weight is 792 g/mol. The van der Waals surface area contributed by atoms with Gasteiger partial charge in [0.05, 0.1) is 29.9 Å². The monoisotopic (exact) mass is 791 g/mol. The molecule has 1 saturated heterocycles. The highest BCUT2D eigenvalue weighted by atomic mass is 19.4. The summed E-state index contributed by atoms with van der Waals surface area (Å²) in [6.45, 7) is 9.32. The van der Waals surface area contributed by atoms with E-state index >= 15 is 4.79 Å². The van der Waals surface area contributed by atoms with Crippen LogP contribution in [0.15, 0.2) is 76.9 Å². The summed E-state index contributed by atoms with van der Waals surface area (Å²) in [4.78, 5) is 44.2. The van der Waals surface area contributed by atoms with E-state index in [4.69, 9.17) is 9.15 Å². The average Bonchev–Trinajstić information content (AvgIpc) is 3.85. The summed E-state index contributed by atoms with van der Waals surface area (Å²) in [6, 6.07) is 14.2. The number of furan rings is 1. The zero-order chi connectivity index (χ0) is 41.2. The van der Waals surface area contributed by atoms with Gasteiger partial charge in [0.25, 0.3) is 5.91 Å². The number of carbonyl (C=O) groups is 3. The molecular weight excluding hydrogens is 739 g/mol. The van der Waals surface area contributed by atoms with Gasteiger partial charge >= 0.3 is 12.3 Å². The first-order valence-electron chi connectivity index (χ1n) is 19.9. The maximum Gasteiger partial charge on any atom is 0.573 e. The zero-order valence-electron chi connectivity index (χ0n) is 33.2. The summed E-state index contributed by atoms with van der Waals surface area (Å²) >= 11 is 0. The molecule has 5 aliphatic rings. The van der Waals surface area contributed by atoms with Gasteiger partial charge in [0.1, 0.15) is 5.75 Å². The molecule has 8 rings (SSSR count). The Bertz CT molecular complexity index is 2060. The number of hydrogen-bond acceptors (Lipinski definition) is 8. The van der Waals surface area contributed by atoms with E-state index in [1.165, 1.54) is 35.4 Å². The highest BCUT2D eigenvalue weighted by molar-refractivity contribution is 6.08. The van der Waals surface area contributed by atoms with Crippen molar-refractivity contribution in [3.63, 3.8) is 0 Å². The molecule has 2 saturated carbocycles. The van der Waals surface area contributed by atoms with Crippen LogP contribution in [-0.4, -0.2) is 63.0 Å². The van der Waals surface area contributed by atoms with Crippen molar-refractivity contribution in [3.8, 4) is 5.75 Å². The van der Waals surface area contributed by atoms with Gasteiger partial charge in [-0.25, -0.2) is 0 Å². The largest absolute Gasteiger partial charge is 0.573 e. The molecule has 6 atom stereocenters. The third-order valence-corrected chi connectivity index (χ3v) is 14.4. The van der Waals surface area contributed by atoms with E-state index in [0.29, 0.717) is 56.1 Å². The van der Waals surface area contributed by atoms with Crippen LogP contribution in [0, 0.1) is 16.2 Å². The van der Waals surface area contributed by atoms with Crippen molar-refractivity contribution < 1.29 is 51.7 Å². The summed E-state index contributed by atoms with van der Waals surface area (Å²) in [7, 11) is 0. The van der Waals surface area contributed by atoms with E-state index < -0.39 is 57.5 Å². The molecule has 1 amide bonds.